The number of nitrogens with zero attached hydrogens (tertiary/aromatic N) is 1. The van der Waals surface area contributed by atoms with E-state index in [4.69, 9.17) is 0 Å². The summed E-state index contributed by atoms with van der Waals surface area (Å²) < 4.78 is 40.4. The van der Waals surface area contributed by atoms with Crippen molar-refractivity contribution in [3.63, 3.8) is 0 Å². The van der Waals surface area contributed by atoms with Gasteiger partial charge in [0.2, 0.25) is 0 Å². The van der Waals surface area contributed by atoms with Crippen molar-refractivity contribution in [1.82, 2.24) is 0 Å². The largest absolute Gasteiger partial charge is 0.481 e. The number of urea groups is 1. The highest BCUT2D eigenvalue weighted by Gasteiger charge is 2.44. The Morgan fingerprint density at radius 2 is 1.56 bits per heavy atom. The highest BCUT2D eigenvalue weighted by molar-refractivity contribution is 6.02. The third-order valence-electron chi connectivity index (χ3n) is 7.00. The summed E-state index contributed by atoms with van der Waals surface area (Å²) in [6, 6.07) is 16.8. The molecule has 6 nitrogen and oxygen atoms in total. The number of rotatable bonds is 10. The van der Waals surface area contributed by atoms with Crippen molar-refractivity contribution >= 4 is 29.1 Å². The van der Waals surface area contributed by atoms with Crippen LogP contribution >= 0.6 is 0 Å². The smallest absolute Gasteiger partial charge is 0.417 e. The third-order valence-corrected chi connectivity index (χ3v) is 7.00. The molecule has 0 heterocycles. The molecule has 0 saturated heterocycles. The molecule has 0 aliphatic heterocycles. The van der Waals surface area contributed by atoms with E-state index in [1.165, 1.54) is 12.1 Å². The van der Waals surface area contributed by atoms with E-state index in [1.807, 2.05) is 18.2 Å². The minimum atomic E-state index is -4.48. The molecular weight excluding hydrogens is 531 g/mol. The minimum absolute atomic E-state index is 0.0626. The van der Waals surface area contributed by atoms with Crippen molar-refractivity contribution in [1.29, 1.82) is 0 Å². The Labute approximate surface area is 238 Å². The Bertz CT molecular complexity index is 1380. The Hall–Kier alpha value is -4.01. The molecule has 1 aliphatic rings. The van der Waals surface area contributed by atoms with Gasteiger partial charge in [-0.2, -0.15) is 13.2 Å². The number of benzene rings is 3. The summed E-state index contributed by atoms with van der Waals surface area (Å²) in [5.41, 5.74) is 2.42. The molecule has 3 aromatic carbocycles. The van der Waals surface area contributed by atoms with Gasteiger partial charge in [-0.3, -0.25) is 4.79 Å². The molecule has 0 aromatic heterocycles. The number of carbonyl (C=O) groups excluding carboxylic acids is 1. The molecule has 4 rings (SSSR count). The van der Waals surface area contributed by atoms with Crippen LogP contribution in [0.3, 0.4) is 0 Å². The van der Waals surface area contributed by atoms with Gasteiger partial charge in [0.25, 0.3) is 0 Å². The van der Waals surface area contributed by atoms with Crippen LogP contribution in [0.2, 0.25) is 0 Å². The van der Waals surface area contributed by atoms with Gasteiger partial charge in [0.05, 0.1) is 22.9 Å². The predicted octanol–water partition coefficient (Wildman–Crippen LogP) is 8.32. The van der Waals surface area contributed by atoms with Crippen molar-refractivity contribution in [2.24, 2.45) is 17.8 Å². The lowest BCUT2D eigenvalue weighted by molar-refractivity contribution is -0.139. The molecular formula is C32H36F3N3O3. The second kappa shape index (κ2) is 12.2. The summed E-state index contributed by atoms with van der Waals surface area (Å²) in [7, 11) is 0. The first kappa shape index (κ1) is 30.0. The lowest BCUT2D eigenvalue weighted by Gasteiger charge is -2.30. The number of nitrogens with one attached hydrogen (secondary N) is 2. The maximum Gasteiger partial charge on any atom is 0.417 e. The maximum absolute atomic E-state index is 13.5. The van der Waals surface area contributed by atoms with Gasteiger partial charge in [0, 0.05) is 18.8 Å². The number of amides is 2. The Kier molecular flexibility index (Phi) is 8.95. The van der Waals surface area contributed by atoms with Gasteiger partial charge in [0.15, 0.2) is 0 Å². The number of halogens is 3. The number of anilines is 3. The molecule has 1 aliphatic carbocycles. The first-order chi connectivity index (χ1) is 19.3. The van der Waals surface area contributed by atoms with E-state index in [0.29, 0.717) is 35.2 Å². The van der Waals surface area contributed by atoms with Crippen molar-refractivity contribution < 1.29 is 27.9 Å². The SMILES string of the molecule is CC(C)CN(CC(C)C)c1ccc([C@H]2C[C@H]2C(=O)O)cc1NC(=O)Nc1ccc(-c2ccccc2C(F)(F)F)cc1. The van der Waals surface area contributed by atoms with Crippen molar-refractivity contribution in [2.75, 3.05) is 28.6 Å². The summed E-state index contributed by atoms with van der Waals surface area (Å²) in [5.74, 6) is -0.604. The van der Waals surface area contributed by atoms with Gasteiger partial charge in [-0.1, -0.05) is 64.1 Å². The molecule has 0 bridgehead atoms. The van der Waals surface area contributed by atoms with Crippen molar-refractivity contribution in [3.8, 4) is 11.1 Å². The van der Waals surface area contributed by atoms with Gasteiger partial charge < -0.3 is 20.6 Å². The van der Waals surface area contributed by atoms with Crippen LogP contribution in [0.1, 0.15) is 51.2 Å². The highest BCUT2D eigenvalue weighted by atomic mass is 19.4. The Morgan fingerprint density at radius 3 is 2.12 bits per heavy atom. The second-order valence-corrected chi connectivity index (χ2v) is 11.5. The zero-order valence-corrected chi connectivity index (χ0v) is 23.6. The lowest BCUT2D eigenvalue weighted by atomic mass is 9.99. The van der Waals surface area contributed by atoms with Crippen LogP contribution in [0.5, 0.6) is 0 Å². The number of carboxylic acid groups (broad SMARTS) is 1. The van der Waals surface area contributed by atoms with Crippen LogP contribution in [0.4, 0.5) is 35.0 Å². The normalized spacial score (nSPS) is 16.5. The number of hydrogen-bond acceptors (Lipinski definition) is 3. The quantitative estimate of drug-likeness (QED) is 0.230. The molecule has 2 amide bonds. The molecule has 218 valence electrons. The van der Waals surface area contributed by atoms with E-state index in [9.17, 15) is 27.9 Å². The fourth-order valence-corrected chi connectivity index (χ4v) is 5.15. The number of hydrogen-bond donors (Lipinski definition) is 3. The molecule has 0 radical (unpaired) electrons. The monoisotopic (exact) mass is 567 g/mol. The zero-order valence-electron chi connectivity index (χ0n) is 23.6. The van der Waals surface area contributed by atoms with E-state index < -0.39 is 29.7 Å². The number of alkyl halides is 3. The molecule has 0 spiro atoms. The fraction of sp³-hybridized carbons (Fsp3) is 0.375. The van der Waals surface area contributed by atoms with Gasteiger partial charge >= 0.3 is 18.2 Å². The average molecular weight is 568 g/mol. The lowest BCUT2D eigenvalue weighted by Crippen LogP contribution is -2.32. The third kappa shape index (κ3) is 7.60. The Balaban J connectivity index is 1.57. The Morgan fingerprint density at radius 1 is 0.927 bits per heavy atom. The molecule has 3 aromatic rings. The molecule has 1 fully saturated rings. The van der Waals surface area contributed by atoms with Crippen LogP contribution in [0.25, 0.3) is 11.1 Å². The predicted molar refractivity (Wildman–Crippen MR) is 156 cm³/mol. The molecule has 9 heteroatoms. The summed E-state index contributed by atoms with van der Waals surface area (Å²) >= 11 is 0. The summed E-state index contributed by atoms with van der Waals surface area (Å²) in [6.45, 7) is 10.0. The van der Waals surface area contributed by atoms with E-state index in [-0.39, 0.29) is 11.5 Å². The second-order valence-electron chi connectivity index (χ2n) is 11.5. The molecule has 41 heavy (non-hydrogen) atoms. The van der Waals surface area contributed by atoms with E-state index >= 15 is 0 Å². The van der Waals surface area contributed by atoms with Crippen LogP contribution in [0, 0.1) is 17.8 Å². The van der Waals surface area contributed by atoms with Gasteiger partial charge in [-0.05, 0) is 71.2 Å². The van der Waals surface area contributed by atoms with Crippen molar-refractivity contribution in [2.45, 2.75) is 46.2 Å². The van der Waals surface area contributed by atoms with Crippen LogP contribution < -0.4 is 15.5 Å². The van der Waals surface area contributed by atoms with Crippen LogP contribution in [0.15, 0.2) is 66.7 Å². The summed E-state index contributed by atoms with van der Waals surface area (Å²) in [4.78, 5) is 26.8. The van der Waals surface area contributed by atoms with E-state index in [1.54, 1.807) is 30.3 Å². The molecule has 2 atom stereocenters. The van der Waals surface area contributed by atoms with Gasteiger partial charge in [-0.15, -0.1) is 0 Å². The highest BCUT2D eigenvalue weighted by Crippen LogP contribution is 2.49. The summed E-state index contributed by atoms with van der Waals surface area (Å²) in [6.07, 6.45) is -3.92. The van der Waals surface area contributed by atoms with Gasteiger partial charge in [-0.25, -0.2) is 4.79 Å². The van der Waals surface area contributed by atoms with Gasteiger partial charge in [0.1, 0.15) is 0 Å². The number of carbonyl (C=O) groups is 2. The average Bonchev–Trinajstić information content (AvgIpc) is 3.69. The zero-order chi connectivity index (χ0) is 29.9. The van der Waals surface area contributed by atoms with E-state index in [0.717, 1.165) is 30.4 Å². The van der Waals surface area contributed by atoms with Crippen LogP contribution in [-0.4, -0.2) is 30.2 Å². The molecule has 0 unspecified atom stereocenters. The number of carboxylic acids is 1. The topological polar surface area (TPSA) is 81.7 Å². The van der Waals surface area contributed by atoms with E-state index in [2.05, 4.69) is 43.2 Å². The first-order valence-corrected chi connectivity index (χ1v) is 13.8. The molecule has 1 saturated carbocycles. The molecule has 3 N–H and O–H groups in total. The first-order valence-electron chi connectivity index (χ1n) is 13.8. The maximum atomic E-state index is 13.5. The summed E-state index contributed by atoms with van der Waals surface area (Å²) in [5, 5.41) is 15.1. The number of aliphatic carboxylic acids is 1. The standard InChI is InChI=1S/C32H36F3N3O3/c1-19(2)17-38(18-20(3)4)29-14-11-22(25-16-26(25)30(39)40)15-28(29)37-31(41)36-23-12-9-21(10-13-23)24-7-5-6-8-27(24)32(33,34)35/h5-15,19-20,25-26H,16-18H2,1-4H3,(H,39,40)(H2,36,37,41)/t25-,26-/m1/s1. The fourth-order valence-electron chi connectivity index (χ4n) is 5.15. The van der Waals surface area contributed by atoms with Crippen molar-refractivity contribution in [3.05, 3.63) is 77.9 Å². The minimum Gasteiger partial charge on any atom is -0.481 e. The van der Waals surface area contributed by atoms with Crippen LogP contribution in [-0.2, 0) is 11.0 Å².